The number of aryl methyl sites for hydroxylation is 1. The maximum Gasteiger partial charge on any atom is 0.303 e. The standard InChI is InChI=1S/C37H39ClN2O10/c1-6-28-15-16-30-32(26-13-10-14-27(38)19-26)29(33(39-40(28)30)25-11-8-7-9-12-25)17-18-45-37-36(49-24(5)44)35(48-23(4)43)34(47-22(3)42)31(50-37)20-46-21(2)41/h7-16,19,31,34-37H,6,17-18,20H2,1-5H3. The van der Waals surface area contributed by atoms with Crippen molar-refractivity contribution in [2.75, 3.05) is 13.2 Å². The van der Waals surface area contributed by atoms with E-state index in [0.29, 0.717) is 11.4 Å². The van der Waals surface area contributed by atoms with Gasteiger partial charge in [-0.2, -0.15) is 5.10 Å². The Bertz CT molecular complexity index is 1860. The molecule has 0 radical (unpaired) electrons. The molecule has 0 N–H and O–H groups in total. The summed E-state index contributed by atoms with van der Waals surface area (Å²) in [5.41, 5.74) is 6.17. The van der Waals surface area contributed by atoms with Crippen LogP contribution in [-0.4, -0.2) is 77.4 Å². The third-order valence-corrected chi connectivity index (χ3v) is 8.32. The molecule has 1 saturated heterocycles. The zero-order valence-corrected chi connectivity index (χ0v) is 29.2. The molecule has 2 aromatic heterocycles. The van der Waals surface area contributed by atoms with Crippen molar-refractivity contribution in [3.63, 3.8) is 0 Å². The van der Waals surface area contributed by atoms with Gasteiger partial charge in [0.2, 0.25) is 0 Å². The number of hydrogen-bond donors (Lipinski definition) is 0. The topological polar surface area (TPSA) is 141 Å². The maximum atomic E-state index is 12.3. The molecule has 1 aliphatic rings. The lowest BCUT2D eigenvalue weighted by molar-refractivity contribution is -0.307. The van der Waals surface area contributed by atoms with Crippen LogP contribution >= 0.6 is 11.6 Å². The molecule has 3 heterocycles. The summed E-state index contributed by atoms with van der Waals surface area (Å²) < 4.78 is 36.2. The molecule has 0 spiro atoms. The van der Waals surface area contributed by atoms with Gasteiger partial charge in [0.1, 0.15) is 12.7 Å². The quantitative estimate of drug-likeness (QED) is 0.136. The van der Waals surface area contributed by atoms with E-state index in [-0.39, 0.29) is 13.2 Å². The first-order valence-electron chi connectivity index (χ1n) is 16.2. The lowest BCUT2D eigenvalue weighted by Crippen LogP contribution is -2.63. The van der Waals surface area contributed by atoms with E-state index in [4.69, 9.17) is 45.1 Å². The highest BCUT2D eigenvalue weighted by atomic mass is 35.5. The molecule has 5 atom stereocenters. The Morgan fingerprint density at radius 2 is 1.46 bits per heavy atom. The fraction of sp³-hybridized carbons (Fsp3) is 0.378. The number of carbonyl (C=O) groups is 4. The van der Waals surface area contributed by atoms with Gasteiger partial charge in [0.05, 0.1) is 17.8 Å². The highest BCUT2D eigenvalue weighted by Crippen LogP contribution is 2.37. The largest absolute Gasteiger partial charge is 0.463 e. The number of ether oxygens (including phenoxy) is 6. The first-order valence-corrected chi connectivity index (χ1v) is 16.6. The second-order valence-corrected chi connectivity index (χ2v) is 12.2. The average Bonchev–Trinajstić information content (AvgIpc) is 3.48. The molecule has 4 aromatic rings. The zero-order valence-electron chi connectivity index (χ0n) is 28.4. The summed E-state index contributed by atoms with van der Waals surface area (Å²) >= 11 is 6.50. The molecule has 264 valence electrons. The third kappa shape index (κ3) is 8.50. The summed E-state index contributed by atoms with van der Waals surface area (Å²) in [4.78, 5) is 48.4. The number of halogens is 1. The number of benzene rings is 2. The van der Waals surface area contributed by atoms with Crippen LogP contribution in [0.3, 0.4) is 0 Å². The van der Waals surface area contributed by atoms with Gasteiger partial charge in [-0.25, -0.2) is 4.52 Å². The number of carbonyl (C=O) groups excluding carboxylic acids is 4. The van der Waals surface area contributed by atoms with E-state index in [1.807, 2.05) is 71.2 Å². The molecule has 0 saturated carbocycles. The molecular weight excluding hydrogens is 668 g/mol. The summed E-state index contributed by atoms with van der Waals surface area (Å²) in [5, 5.41) is 5.68. The van der Waals surface area contributed by atoms with Crippen LogP contribution in [0.25, 0.3) is 27.9 Å². The zero-order chi connectivity index (χ0) is 35.9. The highest BCUT2D eigenvalue weighted by Gasteiger charge is 2.52. The predicted molar refractivity (Wildman–Crippen MR) is 182 cm³/mol. The van der Waals surface area contributed by atoms with Crippen LogP contribution in [0.5, 0.6) is 0 Å². The summed E-state index contributed by atoms with van der Waals surface area (Å²) in [5.74, 6) is -2.77. The van der Waals surface area contributed by atoms with Crippen molar-refractivity contribution in [2.45, 2.75) is 78.2 Å². The van der Waals surface area contributed by atoms with Crippen molar-refractivity contribution in [2.24, 2.45) is 0 Å². The minimum absolute atomic E-state index is 0.0142. The molecule has 13 heteroatoms. The highest BCUT2D eigenvalue weighted by molar-refractivity contribution is 6.30. The van der Waals surface area contributed by atoms with Gasteiger partial charge < -0.3 is 28.4 Å². The summed E-state index contributed by atoms with van der Waals surface area (Å²) in [6, 6.07) is 21.4. The SMILES string of the molecule is CCc1ccc2c(-c3cccc(Cl)c3)c(CCOC3OC(COC(C)=O)C(OC(C)=O)C(OC(C)=O)C3OC(C)=O)c(-c3ccccc3)nn12. The minimum atomic E-state index is -1.34. The Morgan fingerprint density at radius 3 is 2.10 bits per heavy atom. The third-order valence-electron chi connectivity index (χ3n) is 8.08. The van der Waals surface area contributed by atoms with Gasteiger partial charge >= 0.3 is 23.9 Å². The number of aromatic nitrogens is 2. The molecule has 5 unspecified atom stereocenters. The summed E-state index contributed by atoms with van der Waals surface area (Å²) in [7, 11) is 0. The second-order valence-electron chi connectivity index (χ2n) is 11.7. The van der Waals surface area contributed by atoms with Gasteiger partial charge in [-0.3, -0.25) is 19.2 Å². The van der Waals surface area contributed by atoms with E-state index < -0.39 is 54.6 Å². The minimum Gasteiger partial charge on any atom is -0.463 e. The molecule has 0 bridgehead atoms. The summed E-state index contributed by atoms with van der Waals surface area (Å²) in [6.45, 7) is 6.45. The Balaban J connectivity index is 1.57. The van der Waals surface area contributed by atoms with E-state index in [9.17, 15) is 19.2 Å². The lowest BCUT2D eigenvalue weighted by Gasteiger charge is -2.44. The van der Waals surface area contributed by atoms with Crippen LogP contribution in [0, 0.1) is 0 Å². The second kappa shape index (κ2) is 16.3. The average molecular weight is 707 g/mol. The predicted octanol–water partition coefficient (Wildman–Crippen LogP) is 5.53. The van der Waals surface area contributed by atoms with Crippen molar-refractivity contribution >= 4 is 41.0 Å². The normalized spacial score (nSPS) is 20.2. The number of esters is 4. The summed E-state index contributed by atoms with van der Waals surface area (Å²) in [6.07, 6.45) is -5.35. The molecule has 1 aliphatic heterocycles. The number of rotatable bonds is 12. The van der Waals surface area contributed by atoms with Crippen LogP contribution in [0.4, 0.5) is 0 Å². The van der Waals surface area contributed by atoms with Gasteiger partial charge in [-0.05, 0) is 48.2 Å². The van der Waals surface area contributed by atoms with E-state index in [1.54, 1.807) is 0 Å². The number of nitrogens with zero attached hydrogens (tertiary/aromatic N) is 2. The van der Waals surface area contributed by atoms with E-state index in [1.165, 1.54) is 20.8 Å². The molecule has 1 fully saturated rings. The van der Waals surface area contributed by atoms with Gasteiger partial charge in [0, 0.05) is 49.5 Å². The number of fused-ring (bicyclic) bond motifs is 1. The Morgan fingerprint density at radius 1 is 0.800 bits per heavy atom. The maximum absolute atomic E-state index is 12.3. The van der Waals surface area contributed by atoms with Gasteiger partial charge in [0.25, 0.3) is 0 Å². The molecule has 0 aliphatic carbocycles. The van der Waals surface area contributed by atoms with Gasteiger partial charge in [0.15, 0.2) is 24.6 Å². The van der Waals surface area contributed by atoms with Gasteiger partial charge in [-0.15, -0.1) is 0 Å². The molecule has 12 nitrogen and oxygen atoms in total. The van der Waals surface area contributed by atoms with Crippen LogP contribution in [-0.2, 0) is 60.4 Å². The lowest BCUT2D eigenvalue weighted by atomic mass is 9.94. The van der Waals surface area contributed by atoms with E-state index in [2.05, 4.69) is 6.92 Å². The van der Waals surface area contributed by atoms with Crippen LogP contribution in [0.1, 0.15) is 45.9 Å². The van der Waals surface area contributed by atoms with Crippen molar-refractivity contribution in [1.82, 2.24) is 9.61 Å². The van der Waals surface area contributed by atoms with Crippen molar-refractivity contribution in [1.29, 1.82) is 0 Å². The fourth-order valence-corrected chi connectivity index (χ4v) is 6.31. The van der Waals surface area contributed by atoms with Crippen molar-refractivity contribution < 1.29 is 47.6 Å². The van der Waals surface area contributed by atoms with Crippen LogP contribution in [0.15, 0.2) is 66.7 Å². The molecule has 2 aromatic carbocycles. The first-order chi connectivity index (χ1) is 24.0. The molecule has 5 rings (SSSR count). The van der Waals surface area contributed by atoms with Gasteiger partial charge in [-0.1, -0.05) is 61.0 Å². The smallest absolute Gasteiger partial charge is 0.303 e. The van der Waals surface area contributed by atoms with Crippen LogP contribution < -0.4 is 0 Å². The fourth-order valence-electron chi connectivity index (χ4n) is 6.12. The Kier molecular flexibility index (Phi) is 11.9. The van der Waals surface area contributed by atoms with E-state index in [0.717, 1.165) is 52.5 Å². The molecule has 0 amide bonds. The van der Waals surface area contributed by atoms with Crippen molar-refractivity contribution in [3.8, 4) is 22.4 Å². The van der Waals surface area contributed by atoms with Crippen molar-refractivity contribution in [3.05, 3.63) is 83.0 Å². The number of hydrogen-bond acceptors (Lipinski definition) is 11. The first kappa shape index (κ1) is 36.5. The van der Waals surface area contributed by atoms with E-state index >= 15 is 0 Å². The Hall–Kier alpha value is -4.78. The monoisotopic (exact) mass is 706 g/mol. The molecule has 50 heavy (non-hydrogen) atoms. The van der Waals surface area contributed by atoms with Crippen LogP contribution in [0.2, 0.25) is 5.02 Å². The Labute approximate surface area is 294 Å². The molecular formula is C37H39ClN2O10.